The maximum atomic E-state index is 11.9. The first-order valence-electron chi connectivity index (χ1n) is 7.89. The van der Waals surface area contributed by atoms with Crippen molar-refractivity contribution in [1.82, 2.24) is 14.5 Å². The van der Waals surface area contributed by atoms with E-state index in [9.17, 15) is 4.79 Å². The molecule has 0 spiro atoms. The second-order valence-electron chi connectivity index (χ2n) is 5.94. The van der Waals surface area contributed by atoms with Gasteiger partial charge in [0.05, 0.1) is 12.6 Å². The van der Waals surface area contributed by atoms with Crippen LogP contribution in [0, 0.1) is 6.92 Å². The Balaban J connectivity index is 1.90. The monoisotopic (exact) mass is 292 g/mol. The third-order valence-electron chi connectivity index (χ3n) is 4.75. The highest BCUT2D eigenvalue weighted by atomic mass is 16.5. The lowest BCUT2D eigenvalue weighted by atomic mass is 9.99. The van der Waals surface area contributed by atoms with Crippen LogP contribution in [-0.4, -0.2) is 46.2 Å². The minimum absolute atomic E-state index is 0.267. The molecular weight excluding hydrogens is 268 g/mol. The number of imidazole rings is 1. The lowest BCUT2D eigenvalue weighted by molar-refractivity contribution is 0.0521. The predicted octanol–water partition coefficient (Wildman–Crippen LogP) is 1.75. The molecule has 0 radical (unpaired) electrons. The van der Waals surface area contributed by atoms with E-state index >= 15 is 0 Å². The molecule has 2 aliphatic rings. The van der Waals surface area contributed by atoms with Crippen LogP contribution < -0.4 is 5.73 Å². The number of ether oxygens (including phenoxy) is 1. The Morgan fingerprint density at radius 1 is 1.33 bits per heavy atom. The third-order valence-corrected chi connectivity index (χ3v) is 4.75. The van der Waals surface area contributed by atoms with Gasteiger partial charge in [0.15, 0.2) is 5.69 Å². The number of piperidine rings is 1. The number of nitrogens with two attached hydrogens (primary N) is 1. The van der Waals surface area contributed by atoms with Crippen LogP contribution in [0.5, 0.6) is 0 Å². The van der Waals surface area contributed by atoms with Gasteiger partial charge in [0.25, 0.3) is 0 Å². The van der Waals surface area contributed by atoms with Crippen molar-refractivity contribution in [2.24, 2.45) is 0 Å². The highest BCUT2D eigenvalue weighted by molar-refractivity contribution is 5.92. The number of aryl methyl sites for hydroxylation is 1. The van der Waals surface area contributed by atoms with Gasteiger partial charge in [0, 0.05) is 12.6 Å². The number of carbonyl (C=O) groups excluding carboxylic acids is 1. The maximum absolute atomic E-state index is 11.9. The molecule has 1 aromatic rings. The zero-order chi connectivity index (χ0) is 15.0. The topological polar surface area (TPSA) is 73.4 Å². The molecule has 0 aromatic carbocycles. The van der Waals surface area contributed by atoms with Crippen LogP contribution in [0.15, 0.2) is 0 Å². The van der Waals surface area contributed by atoms with Gasteiger partial charge in [-0.2, -0.15) is 0 Å². The third kappa shape index (κ3) is 2.41. The number of hydrogen-bond donors (Lipinski definition) is 1. The van der Waals surface area contributed by atoms with E-state index in [2.05, 4.69) is 14.5 Å². The van der Waals surface area contributed by atoms with Gasteiger partial charge in [-0.3, -0.25) is 4.90 Å². The Kier molecular flexibility index (Phi) is 3.89. The largest absolute Gasteiger partial charge is 0.461 e. The van der Waals surface area contributed by atoms with E-state index in [-0.39, 0.29) is 5.69 Å². The molecule has 2 fully saturated rings. The number of esters is 1. The van der Waals surface area contributed by atoms with E-state index in [1.165, 1.54) is 25.8 Å². The summed E-state index contributed by atoms with van der Waals surface area (Å²) >= 11 is 0. The van der Waals surface area contributed by atoms with Crippen LogP contribution in [0.3, 0.4) is 0 Å². The van der Waals surface area contributed by atoms with Crippen molar-refractivity contribution in [2.45, 2.75) is 51.6 Å². The molecule has 0 amide bonds. The fourth-order valence-corrected chi connectivity index (χ4v) is 3.85. The number of nitrogens with zero attached hydrogens (tertiary/aromatic N) is 3. The van der Waals surface area contributed by atoms with E-state index in [0.29, 0.717) is 24.5 Å². The summed E-state index contributed by atoms with van der Waals surface area (Å²) < 4.78 is 7.10. The fourth-order valence-electron chi connectivity index (χ4n) is 3.85. The number of nitrogen functional groups attached to an aromatic ring is 1. The van der Waals surface area contributed by atoms with Gasteiger partial charge in [-0.15, -0.1) is 0 Å². The van der Waals surface area contributed by atoms with Crippen molar-refractivity contribution in [3.63, 3.8) is 0 Å². The van der Waals surface area contributed by atoms with Crippen molar-refractivity contribution < 1.29 is 9.53 Å². The lowest BCUT2D eigenvalue weighted by Crippen LogP contribution is -2.38. The van der Waals surface area contributed by atoms with Crippen LogP contribution in [-0.2, 0) is 4.74 Å². The van der Waals surface area contributed by atoms with Gasteiger partial charge < -0.3 is 15.0 Å². The Morgan fingerprint density at radius 3 is 2.90 bits per heavy atom. The molecule has 3 rings (SSSR count). The molecule has 0 saturated carbocycles. The Morgan fingerprint density at radius 2 is 2.14 bits per heavy atom. The van der Waals surface area contributed by atoms with Gasteiger partial charge in [-0.1, -0.05) is 6.42 Å². The predicted molar refractivity (Wildman–Crippen MR) is 80.2 cm³/mol. The number of carbonyl (C=O) groups is 1. The van der Waals surface area contributed by atoms with Crippen LogP contribution in [0.1, 0.15) is 55.0 Å². The molecule has 1 aromatic heterocycles. The molecule has 2 saturated heterocycles. The summed E-state index contributed by atoms with van der Waals surface area (Å²) in [6, 6.07) is 0.866. The number of hydrogen-bond acceptors (Lipinski definition) is 5. The van der Waals surface area contributed by atoms with Crippen LogP contribution in [0.4, 0.5) is 5.82 Å². The van der Waals surface area contributed by atoms with Gasteiger partial charge in [0.2, 0.25) is 0 Å². The standard InChI is InChI=1S/C15H24N4O2/c1-3-21-15(20)13-14(16)19(10(2)17-13)12-7-9-18-8-5-4-6-11(12)18/h11-12H,3-9,16H2,1-2H3. The number of aromatic nitrogens is 2. The molecule has 6 heteroatoms. The molecule has 6 nitrogen and oxygen atoms in total. The highest BCUT2D eigenvalue weighted by Crippen LogP contribution is 2.37. The Bertz CT molecular complexity index is 540. The smallest absolute Gasteiger partial charge is 0.360 e. The fraction of sp³-hybridized carbons (Fsp3) is 0.733. The highest BCUT2D eigenvalue weighted by Gasteiger charge is 2.38. The van der Waals surface area contributed by atoms with Gasteiger partial charge in [-0.25, -0.2) is 9.78 Å². The van der Waals surface area contributed by atoms with Crippen LogP contribution in [0.2, 0.25) is 0 Å². The maximum Gasteiger partial charge on any atom is 0.360 e. The number of anilines is 1. The summed E-state index contributed by atoms with van der Waals surface area (Å²) in [5, 5.41) is 0. The van der Waals surface area contributed by atoms with Crippen LogP contribution >= 0.6 is 0 Å². The normalized spacial score (nSPS) is 25.8. The summed E-state index contributed by atoms with van der Waals surface area (Å²) in [7, 11) is 0. The molecule has 2 aliphatic heterocycles. The Labute approximate surface area is 125 Å². The number of fused-ring (bicyclic) bond motifs is 1. The first-order chi connectivity index (χ1) is 10.1. The van der Waals surface area contributed by atoms with Crippen molar-refractivity contribution in [1.29, 1.82) is 0 Å². The van der Waals surface area contributed by atoms with Gasteiger partial charge in [0.1, 0.15) is 11.6 Å². The lowest BCUT2D eigenvalue weighted by Gasteiger charge is -2.33. The van der Waals surface area contributed by atoms with Crippen molar-refractivity contribution in [3.05, 3.63) is 11.5 Å². The summed E-state index contributed by atoms with van der Waals surface area (Å²) in [5.41, 5.74) is 6.49. The zero-order valence-corrected chi connectivity index (χ0v) is 12.8. The molecule has 116 valence electrons. The van der Waals surface area contributed by atoms with Crippen molar-refractivity contribution >= 4 is 11.8 Å². The molecule has 2 unspecified atom stereocenters. The second-order valence-corrected chi connectivity index (χ2v) is 5.94. The molecule has 0 bridgehead atoms. The van der Waals surface area contributed by atoms with Crippen molar-refractivity contribution in [3.8, 4) is 0 Å². The summed E-state index contributed by atoms with van der Waals surface area (Å²) in [6.07, 6.45) is 4.84. The molecule has 0 aliphatic carbocycles. The van der Waals surface area contributed by atoms with Gasteiger partial charge in [-0.05, 0) is 39.7 Å². The summed E-state index contributed by atoms with van der Waals surface area (Å²) in [6.45, 7) is 6.34. The van der Waals surface area contributed by atoms with E-state index in [1.54, 1.807) is 6.92 Å². The average molecular weight is 292 g/mol. The van der Waals surface area contributed by atoms with E-state index < -0.39 is 5.97 Å². The summed E-state index contributed by atoms with van der Waals surface area (Å²) in [4.78, 5) is 18.8. The van der Waals surface area contributed by atoms with Gasteiger partial charge >= 0.3 is 5.97 Å². The van der Waals surface area contributed by atoms with Crippen LogP contribution in [0.25, 0.3) is 0 Å². The molecular formula is C15H24N4O2. The number of rotatable bonds is 3. The minimum atomic E-state index is -0.421. The van der Waals surface area contributed by atoms with E-state index in [1.807, 2.05) is 6.92 Å². The average Bonchev–Trinajstić information content (AvgIpc) is 3.00. The molecule has 21 heavy (non-hydrogen) atoms. The minimum Gasteiger partial charge on any atom is -0.461 e. The first-order valence-corrected chi connectivity index (χ1v) is 7.89. The quantitative estimate of drug-likeness (QED) is 0.859. The molecule has 2 N–H and O–H groups in total. The SMILES string of the molecule is CCOC(=O)c1nc(C)n(C2CCN3CCCCC23)c1N. The first kappa shape index (κ1) is 14.4. The van der Waals surface area contributed by atoms with Crippen molar-refractivity contribution in [2.75, 3.05) is 25.4 Å². The zero-order valence-electron chi connectivity index (χ0n) is 12.8. The second kappa shape index (κ2) is 5.67. The van der Waals surface area contributed by atoms with E-state index in [0.717, 1.165) is 18.8 Å². The molecule has 2 atom stereocenters. The Hall–Kier alpha value is -1.56. The summed E-state index contributed by atoms with van der Waals surface area (Å²) in [5.74, 6) is 0.853. The van der Waals surface area contributed by atoms with E-state index in [4.69, 9.17) is 10.5 Å². The molecule has 3 heterocycles.